The fraction of sp³-hybridized carbons (Fsp3) is 0.591. The van der Waals surface area contributed by atoms with Gasteiger partial charge < -0.3 is 9.80 Å². The molecule has 1 spiro atoms. The predicted molar refractivity (Wildman–Crippen MR) is 108 cm³/mol. The van der Waals surface area contributed by atoms with Gasteiger partial charge in [0, 0.05) is 37.1 Å². The molecule has 3 fully saturated rings. The summed E-state index contributed by atoms with van der Waals surface area (Å²) in [4.78, 5) is 9.35. The quantitative estimate of drug-likeness (QED) is 0.830. The first-order valence-electron chi connectivity index (χ1n) is 10.5. The van der Waals surface area contributed by atoms with Gasteiger partial charge in [0.05, 0.1) is 5.69 Å². The highest BCUT2D eigenvalue weighted by Gasteiger charge is 2.39. The Bertz CT molecular complexity index is 738. The van der Waals surface area contributed by atoms with E-state index in [1.807, 2.05) is 18.3 Å². The average molecular weight is 364 g/mol. The maximum atomic E-state index is 4.51. The molecule has 0 N–H and O–H groups in total. The van der Waals surface area contributed by atoms with Gasteiger partial charge in [0.25, 0.3) is 0 Å². The molecule has 1 aliphatic carbocycles. The molecule has 5 rings (SSSR count). The van der Waals surface area contributed by atoms with Gasteiger partial charge in [-0.15, -0.1) is 10.2 Å². The van der Waals surface area contributed by atoms with E-state index in [1.165, 1.54) is 58.0 Å². The summed E-state index contributed by atoms with van der Waals surface area (Å²) < 4.78 is 0. The van der Waals surface area contributed by atoms with Crippen LogP contribution in [0.15, 0.2) is 36.7 Å². The van der Waals surface area contributed by atoms with E-state index in [9.17, 15) is 0 Å². The van der Waals surface area contributed by atoms with Gasteiger partial charge in [-0.1, -0.05) is 6.42 Å². The molecule has 5 nitrogen and oxygen atoms in total. The van der Waals surface area contributed by atoms with Gasteiger partial charge in [0.2, 0.25) is 0 Å². The summed E-state index contributed by atoms with van der Waals surface area (Å²) in [6.07, 6.45) is 13.3. The van der Waals surface area contributed by atoms with Crippen molar-refractivity contribution < 1.29 is 0 Å². The minimum absolute atomic E-state index is 0.583. The van der Waals surface area contributed by atoms with Crippen molar-refractivity contribution in [1.29, 1.82) is 0 Å². The fourth-order valence-corrected chi connectivity index (χ4v) is 4.99. The van der Waals surface area contributed by atoms with E-state index in [0.29, 0.717) is 5.41 Å². The number of piperidine rings is 2. The van der Waals surface area contributed by atoms with Crippen LogP contribution in [0.2, 0.25) is 0 Å². The Morgan fingerprint density at radius 3 is 2.26 bits per heavy atom. The summed E-state index contributed by atoms with van der Waals surface area (Å²) in [7, 11) is 0. The van der Waals surface area contributed by atoms with E-state index >= 15 is 0 Å². The normalized spacial score (nSPS) is 23.3. The number of nitrogens with zero attached hydrogens (tertiary/aromatic N) is 5. The molecule has 2 aliphatic heterocycles. The molecule has 2 aromatic rings. The number of aromatic nitrogens is 3. The summed E-state index contributed by atoms with van der Waals surface area (Å²) >= 11 is 0. The zero-order valence-electron chi connectivity index (χ0n) is 16.1. The van der Waals surface area contributed by atoms with Crippen LogP contribution in [0.5, 0.6) is 0 Å². The second-order valence-electron chi connectivity index (χ2n) is 8.63. The average Bonchev–Trinajstić information content (AvgIpc) is 2.70. The van der Waals surface area contributed by atoms with Crippen LogP contribution < -0.4 is 4.90 Å². The molecule has 1 saturated carbocycles. The van der Waals surface area contributed by atoms with E-state index in [4.69, 9.17) is 0 Å². The molecule has 2 saturated heterocycles. The Morgan fingerprint density at radius 1 is 0.889 bits per heavy atom. The lowest BCUT2D eigenvalue weighted by Gasteiger charge is -2.50. The van der Waals surface area contributed by atoms with Crippen LogP contribution >= 0.6 is 0 Å². The smallest absolute Gasteiger partial charge is 0.151 e. The van der Waals surface area contributed by atoms with Crippen molar-refractivity contribution in [2.45, 2.75) is 51.0 Å². The Balaban J connectivity index is 1.18. The summed E-state index contributed by atoms with van der Waals surface area (Å²) in [6, 6.07) is 9.06. The Hall–Kier alpha value is -2.01. The van der Waals surface area contributed by atoms with E-state index in [2.05, 4.69) is 37.1 Å². The van der Waals surface area contributed by atoms with Crippen molar-refractivity contribution in [1.82, 2.24) is 20.1 Å². The molecule has 0 radical (unpaired) electrons. The van der Waals surface area contributed by atoms with Crippen molar-refractivity contribution in [3.63, 3.8) is 0 Å². The van der Waals surface area contributed by atoms with E-state index in [0.717, 1.165) is 36.2 Å². The molecule has 3 aliphatic rings. The molecule has 5 heteroatoms. The molecule has 27 heavy (non-hydrogen) atoms. The number of anilines is 1. The number of hydrogen-bond acceptors (Lipinski definition) is 5. The number of pyridine rings is 1. The van der Waals surface area contributed by atoms with Gasteiger partial charge in [-0.3, -0.25) is 4.98 Å². The molecular formula is C22H29N5. The van der Waals surface area contributed by atoms with Gasteiger partial charge in [0.15, 0.2) is 5.82 Å². The number of hydrogen-bond donors (Lipinski definition) is 0. The lowest BCUT2D eigenvalue weighted by atomic mass is 9.70. The first kappa shape index (κ1) is 17.1. The monoisotopic (exact) mass is 363 g/mol. The van der Waals surface area contributed by atoms with Crippen LogP contribution in [0.1, 0.15) is 44.9 Å². The minimum Gasteiger partial charge on any atom is -0.355 e. The molecule has 0 aromatic carbocycles. The van der Waals surface area contributed by atoms with Crippen LogP contribution in [0.25, 0.3) is 11.3 Å². The van der Waals surface area contributed by atoms with Gasteiger partial charge in [-0.05, 0) is 81.3 Å². The van der Waals surface area contributed by atoms with Crippen molar-refractivity contribution in [3.8, 4) is 11.3 Å². The Morgan fingerprint density at radius 2 is 1.67 bits per heavy atom. The third-order valence-corrected chi connectivity index (χ3v) is 7.21. The fourth-order valence-electron chi connectivity index (χ4n) is 4.99. The highest BCUT2D eigenvalue weighted by atomic mass is 15.3. The van der Waals surface area contributed by atoms with Crippen molar-refractivity contribution >= 4 is 5.82 Å². The Kier molecular flexibility index (Phi) is 4.56. The lowest BCUT2D eigenvalue weighted by Crippen LogP contribution is -2.51. The first-order valence-corrected chi connectivity index (χ1v) is 10.5. The number of rotatable bonds is 3. The maximum Gasteiger partial charge on any atom is 0.151 e. The predicted octanol–water partition coefficient (Wildman–Crippen LogP) is 3.77. The highest BCUT2D eigenvalue weighted by Crippen LogP contribution is 2.43. The van der Waals surface area contributed by atoms with Crippen molar-refractivity contribution in [2.24, 2.45) is 5.41 Å². The second kappa shape index (κ2) is 7.19. The third-order valence-electron chi connectivity index (χ3n) is 7.21. The molecule has 0 atom stereocenters. The SMILES string of the molecule is c1cncc(-c2ccc(N3CCC4(CC3)CCN(C3CCC3)CC4)nn2)c1. The first-order chi connectivity index (χ1) is 13.3. The summed E-state index contributed by atoms with van der Waals surface area (Å²) in [5.74, 6) is 1.02. The topological polar surface area (TPSA) is 45.2 Å². The van der Waals surface area contributed by atoms with Crippen LogP contribution in [0.3, 0.4) is 0 Å². The largest absolute Gasteiger partial charge is 0.355 e. The molecule has 4 heterocycles. The van der Waals surface area contributed by atoms with Crippen LogP contribution in [-0.2, 0) is 0 Å². The summed E-state index contributed by atoms with van der Waals surface area (Å²) in [6.45, 7) is 4.88. The van der Waals surface area contributed by atoms with Crippen LogP contribution in [-0.4, -0.2) is 52.3 Å². The van der Waals surface area contributed by atoms with Gasteiger partial charge in [-0.2, -0.15) is 0 Å². The molecule has 0 amide bonds. The van der Waals surface area contributed by atoms with Crippen molar-refractivity contribution in [3.05, 3.63) is 36.7 Å². The third kappa shape index (κ3) is 3.45. The maximum absolute atomic E-state index is 4.51. The molecule has 142 valence electrons. The molecule has 0 bridgehead atoms. The molecular weight excluding hydrogens is 334 g/mol. The highest BCUT2D eigenvalue weighted by molar-refractivity contribution is 5.58. The van der Waals surface area contributed by atoms with Crippen molar-refractivity contribution in [2.75, 3.05) is 31.1 Å². The second-order valence-corrected chi connectivity index (χ2v) is 8.63. The lowest BCUT2D eigenvalue weighted by molar-refractivity contribution is 0.0305. The summed E-state index contributed by atoms with van der Waals surface area (Å²) in [5.41, 5.74) is 2.50. The van der Waals surface area contributed by atoms with Crippen LogP contribution in [0, 0.1) is 5.41 Å². The minimum atomic E-state index is 0.583. The van der Waals surface area contributed by atoms with Gasteiger partial charge in [-0.25, -0.2) is 0 Å². The molecule has 2 aromatic heterocycles. The van der Waals surface area contributed by atoms with E-state index in [1.54, 1.807) is 6.20 Å². The van der Waals surface area contributed by atoms with Gasteiger partial charge in [0.1, 0.15) is 0 Å². The van der Waals surface area contributed by atoms with Gasteiger partial charge >= 0.3 is 0 Å². The molecule has 0 unspecified atom stereocenters. The summed E-state index contributed by atoms with van der Waals surface area (Å²) in [5, 5.41) is 8.94. The zero-order chi connectivity index (χ0) is 18.1. The van der Waals surface area contributed by atoms with Crippen LogP contribution in [0.4, 0.5) is 5.82 Å². The van der Waals surface area contributed by atoms with E-state index < -0.39 is 0 Å². The standard InChI is InChI=1S/C22H29N5/c1-4-19(5-1)26-13-8-22(9-14-26)10-15-27(16-11-22)21-7-6-20(24-25-21)18-3-2-12-23-17-18/h2-3,6-7,12,17,19H,1,4-5,8-11,13-16H2. The Labute approximate surface area is 161 Å². The zero-order valence-corrected chi connectivity index (χ0v) is 16.1. The van der Waals surface area contributed by atoms with E-state index in [-0.39, 0.29) is 0 Å². The number of likely N-dealkylation sites (tertiary alicyclic amines) is 1.